The molecule has 0 spiro atoms. The summed E-state index contributed by atoms with van der Waals surface area (Å²) in [6, 6.07) is 9.09. The van der Waals surface area contributed by atoms with Gasteiger partial charge in [-0.3, -0.25) is 4.79 Å². The van der Waals surface area contributed by atoms with Crippen molar-refractivity contribution in [3.8, 4) is 0 Å². The first-order valence-corrected chi connectivity index (χ1v) is 8.00. The van der Waals surface area contributed by atoms with E-state index in [-0.39, 0.29) is 23.7 Å². The zero-order valence-corrected chi connectivity index (χ0v) is 13.6. The molecule has 3 rings (SSSR count). The minimum Gasteiger partial charge on any atom is -0.273 e. The first-order valence-electron chi connectivity index (χ1n) is 8.00. The van der Waals surface area contributed by atoms with Crippen molar-refractivity contribution in [1.29, 1.82) is 0 Å². The number of benzene rings is 1. The minimum atomic E-state index is -4.58. The molecule has 0 saturated carbocycles. The van der Waals surface area contributed by atoms with Gasteiger partial charge in [0.2, 0.25) is 5.91 Å². The molecular formula is C18H15F4N3O. The fourth-order valence-electron chi connectivity index (χ4n) is 2.61. The number of hydrogen-bond donors (Lipinski definition) is 0. The molecule has 1 aromatic heterocycles. The fraction of sp³-hybridized carbons (Fsp3) is 0.278. The summed E-state index contributed by atoms with van der Waals surface area (Å²) in [5.74, 6) is -0.604. The summed E-state index contributed by atoms with van der Waals surface area (Å²) in [5, 5.41) is 5.50. The van der Waals surface area contributed by atoms with Gasteiger partial charge in [-0.2, -0.15) is 18.3 Å². The van der Waals surface area contributed by atoms with Crippen LogP contribution in [-0.4, -0.2) is 28.2 Å². The number of carbonyl (C=O) groups excluding carboxylic acids is 1. The summed E-state index contributed by atoms with van der Waals surface area (Å²) in [4.78, 5) is 15.5. The highest BCUT2D eigenvalue weighted by atomic mass is 19.4. The quantitative estimate of drug-likeness (QED) is 0.611. The Bertz CT molecular complexity index is 831. The number of halogens is 4. The molecule has 8 heteroatoms. The lowest BCUT2D eigenvalue weighted by molar-refractivity contribution is -0.141. The van der Waals surface area contributed by atoms with Crippen LogP contribution in [-0.2, 0) is 17.4 Å². The van der Waals surface area contributed by atoms with Crippen molar-refractivity contribution < 1.29 is 22.4 Å². The summed E-state index contributed by atoms with van der Waals surface area (Å²) in [6.45, 7) is 0.407. The second-order valence-electron chi connectivity index (χ2n) is 5.88. The molecule has 26 heavy (non-hydrogen) atoms. The molecule has 0 bridgehead atoms. The molecule has 0 unspecified atom stereocenters. The van der Waals surface area contributed by atoms with Gasteiger partial charge in [0.25, 0.3) is 0 Å². The topological polar surface area (TPSA) is 45.6 Å². The number of hydrazone groups is 1. The molecule has 1 aromatic carbocycles. The molecule has 136 valence electrons. The molecule has 2 aromatic rings. The average molecular weight is 365 g/mol. The molecule has 1 amide bonds. The Morgan fingerprint density at radius 2 is 1.88 bits per heavy atom. The SMILES string of the molecule is O=C1CCCN1/N=C(\Cc1ccc(F)cc1)c1cccc(C(F)(F)F)n1. The molecule has 2 heterocycles. The lowest BCUT2D eigenvalue weighted by Gasteiger charge is -2.14. The van der Waals surface area contributed by atoms with Gasteiger partial charge in [0.1, 0.15) is 11.5 Å². The lowest BCUT2D eigenvalue weighted by atomic mass is 10.1. The van der Waals surface area contributed by atoms with Crippen LogP contribution in [0.1, 0.15) is 29.8 Å². The van der Waals surface area contributed by atoms with Gasteiger partial charge in [-0.15, -0.1) is 0 Å². The second-order valence-corrected chi connectivity index (χ2v) is 5.88. The third-order valence-corrected chi connectivity index (χ3v) is 3.91. The van der Waals surface area contributed by atoms with Gasteiger partial charge < -0.3 is 0 Å². The Balaban J connectivity index is 1.98. The van der Waals surface area contributed by atoms with Gasteiger partial charge >= 0.3 is 6.18 Å². The standard InChI is InChI=1S/C18H15F4N3O/c19-13-8-6-12(7-9-13)11-15(24-25-10-2-5-17(25)26)14-3-1-4-16(23-14)18(20,21)22/h1,3-4,6-9H,2,5,10-11H2/b24-15+. The van der Waals surface area contributed by atoms with Gasteiger partial charge in [-0.05, 0) is 36.2 Å². The van der Waals surface area contributed by atoms with Crippen LogP contribution in [0.5, 0.6) is 0 Å². The summed E-state index contributed by atoms with van der Waals surface area (Å²) >= 11 is 0. The summed E-state index contributed by atoms with van der Waals surface area (Å²) in [6.07, 6.45) is -3.47. The van der Waals surface area contributed by atoms with E-state index in [2.05, 4.69) is 10.1 Å². The molecule has 0 radical (unpaired) electrons. The molecule has 1 fully saturated rings. The Morgan fingerprint density at radius 1 is 1.15 bits per heavy atom. The number of carbonyl (C=O) groups is 1. The molecular weight excluding hydrogens is 350 g/mol. The Labute approximate surface area is 147 Å². The maximum Gasteiger partial charge on any atom is 0.433 e. The van der Waals surface area contributed by atoms with Gasteiger partial charge in [-0.25, -0.2) is 14.4 Å². The molecule has 1 saturated heterocycles. The van der Waals surface area contributed by atoms with Crippen LogP contribution in [0.4, 0.5) is 17.6 Å². The third-order valence-electron chi connectivity index (χ3n) is 3.91. The van der Waals surface area contributed by atoms with Gasteiger partial charge in [0, 0.05) is 19.4 Å². The van der Waals surface area contributed by atoms with Gasteiger partial charge in [-0.1, -0.05) is 18.2 Å². The molecule has 1 aliphatic heterocycles. The van der Waals surface area contributed by atoms with Crippen LogP contribution in [0.3, 0.4) is 0 Å². The van der Waals surface area contributed by atoms with Crippen LogP contribution >= 0.6 is 0 Å². The van der Waals surface area contributed by atoms with Crippen LogP contribution in [0, 0.1) is 5.82 Å². The molecule has 0 aliphatic carbocycles. The highest BCUT2D eigenvalue weighted by Gasteiger charge is 2.33. The first-order chi connectivity index (χ1) is 12.3. The monoisotopic (exact) mass is 365 g/mol. The third kappa shape index (κ3) is 4.25. The molecule has 4 nitrogen and oxygen atoms in total. The van der Waals surface area contributed by atoms with E-state index in [1.807, 2.05) is 0 Å². The van der Waals surface area contributed by atoms with Crippen molar-refractivity contribution in [2.75, 3.05) is 6.54 Å². The highest BCUT2D eigenvalue weighted by molar-refractivity contribution is 6.01. The Kier molecular flexibility index (Phi) is 5.01. The van der Waals surface area contributed by atoms with Crippen molar-refractivity contribution in [3.63, 3.8) is 0 Å². The molecule has 0 atom stereocenters. The van der Waals surface area contributed by atoms with E-state index in [0.717, 1.165) is 6.07 Å². The van der Waals surface area contributed by atoms with E-state index in [1.54, 1.807) is 0 Å². The highest BCUT2D eigenvalue weighted by Crippen LogP contribution is 2.27. The van der Waals surface area contributed by atoms with Crippen LogP contribution in [0.25, 0.3) is 0 Å². The van der Waals surface area contributed by atoms with E-state index in [0.29, 0.717) is 24.9 Å². The smallest absolute Gasteiger partial charge is 0.273 e. The molecule has 0 N–H and O–H groups in total. The van der Waals surface area contributed by atoms with E-state index in [1.165, 1.54) is 41.4 Å². The zero-order chi connectivity index (χ0) is 18.7. The number of alkyl halides is 3. The number of nitrogens with zero attached hydrogens (tertiary/aromatic N) is 3. The largest absolute Gasteiger partial charge is 0.433 e. The average Bonchev–Trinajstić information content (AvgIpc) is 3.00. The number of rotatable bonds is 4. The number of hydrogen-bond acceptors (Lipinski definition) is 3. The minimum absolute atomic E-state index is 0.0313. The van der Waals surface area contributed by atoms with E-state index in [9.17, 15) is 22.4 Å². The maximum absolute atomic E-state index is 13.1. The van der Waals surface area contributed by atoms with Gasteiger partial charge in [0.15, 0.2) is 0 Å². The Morgan fingerprint density at radius 3 is 2.50 bits per heavy atom. The number of aromatic nitrogens is 1. The van der Waals surface area contributed by atoms with E-state index in [4.69, 9.17) is 0 Å². The van der Waals surface area contributed by atoms with Crippen LogP contribution in [0.2, 0.25) is 0 Å². The second kappa shape index (κ2) is 7.23. The summed E-state index contributed by atoms with van der Waals surface area (Å²) in [5.41, 5.74) is -0.132. The van der Waals surface area contributed by atoms with Crippen molar-refractivity contribution >= 4 is 11.6 Å². The van der Waals surface area contributed by atoms with Crippen molar-refractivity contribution in [2.45, 2.75) is 25.4 Å². The maximum atomic E-state index is 13.1. The Hall–Kier alpha value is -2.77. The predicted octanol–water partition coefficient (Wildman–Crippen LogP) is 3.81. The summed E-state index contributed by atoms with van der Waals surface area (Å²) in [7, 11) is 0. The van der Waals surface area contributed by atoms with Gasteiger partial charge in [0.05, 0.1) is 11.4 Å². The van der Waals surface area contributed by atoms with Crippen LogP contribution in [0.15, 0.2) is 47.6 Å². The summed E-state index contributed by atoms with van der Waals surface area (Å²) < 4.78 is 52.0. The first kappa shape index (κ1) is 18.0. The van der Waals surface area contributed by atoms with Crippen molar-refractivity contribution in [2.24, 2.45) is 5.10 Å². The fourth-order valence-corrected chi connectivity index (χ4v) is 2.61. The predicted molar refractivity (Wildman–Crippen MR) is 86.8 cm³/mol. The zero-order valence-electron chi connectivity index (χ0n) is 13.6. The van der Waals surface area contributed by atoms with Crippen molar-refractivity contribution in [3.05, 3.63) is 65.2 Å². The van der Waals surface area contributed by atoms with Crippen LogP contribution < -0.4 is 0 Å². The number of pyridine rings is 1. The molecule has 1 aliphatic rings. The van der Waals surface area contributed by atoms with E-state index < -0.39 is 17.7 Å². The number of amides is 1. The normalized spacial score (nSPS) is 15.6. The van der Waals surface area contributed by atoms with Crippen molar-refractivity contribution in [1.82, 2.24) is 9.99 Å². The lowest BCUT2D eigenvalue weighted by Crippen LogP contribution is -2.23. The van der Waals surface area contributed by atoms with E-state index >= 15 is 0 Å².